The molecule has 0 bridgehead atoms. The summed E-state index contributed by atoms with van der Waals surface area (Å²) >= 11 is 0. The van der Waals surface area contributed by atoms with Crippen molar-refractivity contribution in [1.29, 1.82) is 0 Å². The number of aryl methyl sites for hydroxylation is 4. The van der Waals surface area contributed by atoms with Crippen molar-refractivity contribution in [3.8, 4) is 40.2 Å². The maximum atomic E-state index is 10.1. The van der Waals surface area contributed by atoms with Crippen molar-refractivity contribution < 1.29 is 35.7 Å². The number of hydrogen-bond donors (Lipinski definition) is 7. The fourth-order valence-electron chi connectivity index (χ4n) is 3.16. The second-order valence-electron chi connectivity index (χ2n) is 6.92. The van der Waals surface area contributed by atoms with Gasteiger partial charge in [-0.05, 0) is 78.3 Å². The summed E-state index contributed by atoms with van der Waals surface area (Å²) in [7, 11) is 0. The molecule has 0 saturated carbocycles. The lowest BCUT2D eigenvalue weighted by Gasteiger charge is -2.11. The summed E-state index contributed by atoms with van der Waals surface area (Å²) in [5, 5.41) is 67.9. The first kappa shape index (κ1) is 20.0. The molecule has 7 nitrogen and oxygen atoms in total. The van der Waals surface area contributed by atoms with Crippen LogP contribution in [0.5, 0.6) is 40.2 Å². The Morgan fingerprint density at radius 1 is 0.414 bits per heavy atom. The maximum absolute atomic E-state index is 10.1. The molecule has 3 aromatic carbocycles. The highest BCUT2D eigenvalue weighted by molar-refractivity contribution is 5.52. The zero-order chi connectivity index (χ0) is 21.1. The zero-order valence-electron chi connectivity index (χ0n) is 15.5. The average Bonchev–Trinajstić information content (AvgIpc) is 2.67. The molecule has 3 rings (SSSR count). The van der Waals surface area contributed by atoms with Gasteiger partial charge >= 0.3 is 0 Å². The Morgan fingerprint density at radius 2 is 0.931 bits per heavy atom. The largest absolute Gasteiger partial charge is 0.508 e. The fourth-order valence-corrected chi connectivity index (χ4v) is 3.16. The molecule has 0 aromatic heterocycles. The number of phenolic OH excluding ortho intramolecular Hbond substituents is 7. The lowest BCUT2D eigenvalue weighted by atomic mass is 9.97. The smallest absolute Gasteiger partial charge is 0.200 e. The van der Waals surface area contributed by atoms with Crippen LogP contribution in [0.1, 0.15) is 22.3 Å². The van der Waals surface area contributed by atoms with Crippen molar-refractivity contribution in [3.63, 3.8) is 0 Å². The monoisotopic (exact) mass is 398 g/mol. The molecule has 0 spiro atoms. The highest BCUT2D eigenvalue weighted by atomic mass is 16.3. The van der Waals surface area contributed by atoms with Crippen LogP contribution in [0.15, 0.2) is 42.5 Å². The molecule has 0 radical (unpaired) electrons. The van der Waals surface area contributed by atoms with Crippen LogP contribution < -0.4 is 0 Å². The standard InChI is InChI=1S/C22H22O7/c23-16-6-3-12(7-19(16)26)1-4-14-10-15(18(25)11-17(14)24)5-2-13-8-20(27)22(29)21(28)9-13/h3,6-11,23-29H,1-2,4-5H2. The van der Waals surface area contributed by atoms with E-state index < -0.39 is 17.2 Å². The van der Waals surface area contributed by atoms with Crippen molar-refractivity contribution in [1.82, 2.24) is 0 Å². The van der Waals surface area contributed by atoms with Crippen LogP contribution in [0.3, 0.4) is 0 Å². The van der Waals surface area contributed by atoms with Crippen LogP contribution in [0.2, 0.25) is 0 Å². The van der Waals surface area contributed by atoms with E-state index in [2.05, 4.69) is 0 Å². The van der Waals surface area contributed by atoms with Gasteiger partial charge in [0.2, 0.25) is 0 Å². The number of phenols is 7. The second-order valence-corrected chi connectivity index (χ2v) is 6.92. The second kappa shape index (κ2) is 8.10. The van der Waals surface area contributed by atoms with E-state index in [9.17, 15) is 35.7 Å². The SMILES string of the molecule is Oc1ccc(CCc2cc(CCc3cc(O)c(O)c(O)c3)c(O)cc2O)cc1O. The lowest BCUT2D eigenvalue weighted by molar-refractivity contribution is 0.367. The van der Waals surface area contributed by atoms with Crippen LogP contribution in [0, 0.1) is 0 Å². The molecule has 0 unspecified atom stereocenters. The van der Waals surface area contributed by atoms with E-state index in [1.807, 2.05) is 0 Å². The molecule has 0 saturated heterocycles. The van der Waals surface area contributed by atoms with Gasteiger partial charge in [-0.15, -0.1) is 0 Å². The van der Waals surface area contributed by atoms with Gasteiger partial charge in [0, 0.05) is 6.07 Å². The molecule has 0 aliphatic heterocycles. The number of hydrogen-bond acceptors (Lipinski definition) is 7. The molecular weight excluding hydrogens is 376 g/mol. The van der Waals surface area contributed by atoms with Crippen molar-refractivity contribution in [2.75, 3.05) is 0 Å². The fraction of sp³-hybridized carbons (Fsp3) is 0.182. The van der Waals surface area contributed by atoms with E-state index in [-0.39, 0.29) is 23.0 Å². The minimum atomic E-state index is -0.580. The van der Waals surface area contributed by atoms with Gasteiger partial charge in [0.1, 0.15) is 11.5 Å². The van der Waals surface area contributed by atoms with Crippen LogP contribution >= 0.6 is 0 Å². The van der Waals surface area contributed by atoms with E-state index in [0.717, 1.165) is 5.56 Å². The third kappa shape index (κ3) is 4.57. The Labute approximate surface area is 167 Å². The topological polar surface area (TPSA) is 142 Å². The van der Waals surface area contributed by atoms with Crippen molar-refractivity contribution in [2.24, 2.45) is 0 Å². The Hall–Kier alpha value is -3.74. The maximum Gasteiger partial charge on any atom is 0.200 e. The van der Waals surface area contributed by atoms with Crippen LogP contribution in [0.25, 0.3) is 0 Å². The molecule has 0 heterocycles. The highest BCUT2D eigenvalue weighted by Crippen LogP contribution is 2.36. The average molecular weight is 398 g/mol. The van der Waals surface area contributed by atoms with Crippen LogP contribution in [-0.2, 0) is 25.7 Å². The van der Waals surface area contributed by atoms with Gasteiger partial charge in [-0.3, -0.25) is 0 Å². The molecule has 7 heteroatoms. The van der Waals surface area contributed by atoms with Gasteiger partial charge in [-0.25, -0.2) is 0 Å². The van der Waals surface area contributed by atoms with Crippen molar-refractivity contribution in [3.05, 3.63) is 64.7 Å². The summed E-state index contributed by atoms with van der Waals surface area (Å²) in [5.74, 6) is -1.95. The van der Waals surface area contributed by atoms with Gasteiger partial charge in [0.15, 0.2) is 28.7 Å². The van der Waals surface area contributed by atoms with Gasteiger partial charge in [-0.1, -0.05) is 6.07 Å². The van der Waals surface area contributed by atoms with E-state index in [0.29, 0.717) is 42.4 Å². The summed E-state index contributed by atoms with van der Waals surface area (Å²) in [6, 6.07) is 10.2. The molecule has 0 aliphatic rings. The summed E-state index contributed by atoms with van der Waals surface area (Å²) in [6.07, 6.45) is 1.71. The van der Waals surface area contributed by atoms with Crippen molar-refractivity contribution >= 4 is 0 Å². The summed E-state index contributed by atoms with van der Waals surface area (Å²) in [4.78, 5) is 0. The highest BCUT2D eigenvalue weighted by Gasteiger charge is 2.12. The zero-order valence-corrected chi connectivity index (χ0v) is 15.5. The summed E-state index contributed by atoms with van der Waals surface area (Å²) in [6.45, 7) is 0. The molecule has 29 heavy (non-hydrogen) atoms. The Bertz CT molecular complexity index is 1020. The minimum absolute atomic E-state index is 0.0471. The summed E-state index contributed by atoms with van der Waals surface area (Å²) in [5.41, 5.74) is 2.55. The first-order valence-corrected chi connectivity index (χ1v) is 9.03. The van der Waals surface area contributed by atoms with Gasteiger partial charge in [0.25, 0.3) is 0 Å². The first-order valence-electron chi connectivity index (χ1n) is 9.03. The van der Waals surface area contributed by atoms with E-state index in [1.54, 1.807) is 12.1 Å². The Balaban J connectivity index is 1.74. The molecular formula is C22H22O7. The third-order valence-corrected chi connectivity index (χ3v) is 4.82. The molecule has 0 amide bonds. The number of rotatable bonds is 6. The molecule has 0 aliphatic carbocycles. The number of aromatic hydroxyl groups is 7. The van der Waals surface area contributed by atoms with E-state index in [4.69, 9.17) is 0 Å². The van der Waals surface area contributed by atoms with Gasteiger partial charge in [-0.2, -0.15) is 0 Å². The normalized spacial score (nSPS) is 10.9. The molecule has 0 fully saturated rings. The molecule has 152 valence electrons. The Kier molecular flexibility index (Phi) is 5.59. The van der Waals surface area contributed by atoms with Gasteiger partial charge in [0.05, 0.1) is 0 Å². The van der Waals surface area contributed by atoms with E-state index in [1.165, 1.54) is 30.3 Å². The number of benzene rings is 3. The predicted molar refractivity (Wildman–Crippen MR) is 106 cm³/mol. The molecule has 3 aromatic rings. The van der Waals surface area contributed by atoms with E-state index >= 15 is 0 Å². The van der Waals surface area contributed by atoms with Crippen LogP contribution in [0.4, 0.5) is 0 Å². The van der Waals surface area contributed by atoms with Gasteiger partial charge < -0.3 is 35.7 Å². The predicted octanol–water partition coefficient (Wildman–Crippen LogP) is 3.20. The van der Waals surface area contributed by atoms with Crippen molar-refractivity contribution in [2.45, 2.75) is 25.7 Å². The lowest BCUT2D eigenvalue weighted by Crippen LogP contribution is -1.97. The minimum Gasteiger partial charge on any atom is -0.508 e. The first-order chi connectivity index (χ1) is 13.7. The molecule has 0 atom stereocenters. The third-order valence-electron chi connectivity index (χ3n) is 4.82. The Morgan fingerprint density at radius 3 is 1.48 bits per heavy atom. The molecule has 7 N–H and O–H groups in total. The summed E-state index contributed by atoms with van der Waals surface area (Å²) < 4.78 is 0. The van der Waals surface area contributed by atoms with Crippen LogP contribution in [-0.4, -0.2) is 35.7 Å². The quantitative estimate of drug-likeness (QED) is 0.316.